The zero-order valence-corrected chi connectivity index (χ0v) is 11.1. The maximum absolute atomic E-state index is 11.1. The molecule has 0 aliphatic rings. The Morgan fingerprint density at radius 2 is 1.63 bits per heavy atom. The van der Waals surface area contributed by atoms with E-state index in [1.54, 1.807) is 13.8 Å². The highest BCUT2D eigenvalue weighted by Crippen LogP contribution is 2.11. The molecule has 4 nitrogen and oxygen atoms in total. The molecule has 0 saturated carbocycles. The molecule has 1 N–H and O–H groups in total. The van der Waals surface area contributed by atoms with E-state index in [2.05, 4.69) is 22.1 Å². The van der Waals surface area contributed by atoms with Crippen molar-refractivity contribution in [3.8, 4) is 0 Å². The van der Waals surface area contributed by atoms with E-state index in [4.69, 9.17) is 5.11 Å². The summed E-state index contributed by atoms with van der Waals surface area (Å²) in [6, 6.07) is 10.1. The van der Waals surface area contributed by atoms with Crippen LogP contribution in [-0.2, 0) is 12.8 Å². The number of aryl methyl sites for hydroxylation is 4. The molecule has 0 unspecified atom stereocenters. The highest BCUT2D eigenvalue weighted by atomic mass is 16.4. The summed E-state index contributed by atoms with van der Waals surface area (Å²) in [6.07, 6.45) is 1.57. The Kier molecular flexibility index (Phi) is 3.90. The number of rotatable bonds is 4. The fraction of sp³-hybridized carbons (Fsp3) is 0.267. The van der Waals surface area contributed by atoms with E-state index in [-0.39, 0.29) is 5.56 Å². The van der Waals surface area contributed by atoms with Crippen molar-refractivity contribution in [3.63, 3.8) is 0 Å². The summed E-state index contributed by atoms with van der Waals surface area (Å²) in [7, 11) is 0. The minimum absolute atomic E-state index is 0.212. The molecule has 2 rings (SSSR count). The molecule has 1 aromatic carbocycles. The standard InChI is InChI=1S/C15H16N2O2/c1-10-14(15(18)19)11(2)17-13(16-10)9-8-12-6-4-3-5-7-12/h3-7H,8-9H2,1-2H3,(H,18,19). The molecule has 0 atom stereocenters. The summed E-state index contributed by atoms with van der Waals surface area (Å²) in [5.41, 5.74) is 2.50. The minimum atomic E-state index is -0.968. The van der Waals surface area contributed by atoms with Gasteiger partial charge in [-0.1, -0.05) is 30.3 Å². The number of carbonyl (C=O) groups is 1. The van der Waals surface area contributed by atoms with Crippen LogP contribution in [0.15, 0.2) is 30.3 Å². The normalized spacial score (nSPS) is 10.4. The molecule has 0 saturated heterocycles. The molecule has 19 heavy (non-hydrogen) atoms. The van der Waals surface area contributed by atoms with Crippen LogP contribution in [0.5, 0.6) is 0 Å². The number of hydrogen-bond donors (Lipinski definition) is 1. The van der Waals surface area contributed by atoms with E-state index in [1.807, 2.05) is 18.2 Å². The number of aromatic nitrogens is 2. The Hall–Kier alpha value is -2.23. The average Bonchev–Trinajstić information content (AvgIpc) is 2.36. The summed E-state index contributed by atoms with van der Waals surface area (Å²) >= 11 is 0. The van der Waals surface area contributed by atoms with Crippen LogP contribution in [-0.4, -0.2) is 21.0 Å². The van der Waals surface area contributed by atoms with Gasteiger partial charge >= 0.3 is 5.97 Å². The topological polar surface area (TPSA) is 63.1 Å². The maximum atomic E-state index is 11.1. The molecule has 0 radical (unpaired) electrons. The van der Waals surface area contributed by atoms with Crippen molar-refractivity contribution in [1.29, 1.82) is 0 Å². The number of aromatic carboxylic acids is 1. The van der Waals surface area contributed by atoms with Crippen molar-refractivity contribution >= 4 is 5.97 Å². The Balaban J connectivity index is 2.16. The molecule has 98 valence electrons. The quantitative estimate of drug-likeness (QED) is 0.913. The van der Waals surface area contributed by atoms with Crippen molar-refractivity contribution in [2.45, 2.75) is 26.7 Å². The van der Waals surface area contributed by atoms with Crippen molar-refractivity contribution in [1.82, 2.24) is 9.97 Å². The van der Waals surface area contributed by atoms with Crippen LogP contribution in [0.2, 0.25) is 0 Å². The van der Waals surface area contributed by atoms with Gasteiger partial charge in [0.15, 0.2) is 0 Å². The van der Waals surface area contributed by atoms with Crippen LogP contribution in [0.3, 0.4) is 0 Å². The van der Waals surface area contributed by atoms with Gasteiger partial charge in [0.1, 0.15) is 11.4 Å². The van der Waals surface area contributed by atoms with E-state index in [9.17, 15) is 4.79 Å². The molecule has 0 amide bonds. The first-order chi connectivity index (χ1) is 9.08. The number of hydrogen-bond acceptors (Lipinski definition) is 3. The van der Waals surface area contributed by atoms with Crippen molar-refractivity contribution in [3.05, 3.63) is 58.7 Å². The number of nitrogens with zero attached hydrogens (tertiary/aromatic N) is 2. The van der Waals surface area contributed by atoms with Gasteiger partial charge in [0.25, 0.3) is 0 Å². The van der Waals surface area contributed by atoms with Gasteiger partial charge in [0, 0.05) is 6.42 Å². The second-order valence-electron chi connectivity index (χ2n) is 4.48. The SMILES string of the molecule is Cc1nc(CCc2ccccc2)nc(C)c1C(=O)O. The van der Waals surface area contributed by atoms with Gasteiger partial charge < -0.3 is 5.11 Å². The van der Waals surface area contributed by atoms with Crippen LogP contribution < -0.4 is 0 Å². The second-order valence-corrected chi connectivity index (χ2v) is 4.48. The number of benzene rings is 1. The highest BCUT2D eigenvalue weighted by molar-refractivity contribution is 5.89. The van der Waals surface area contributed by atoms with Gasteiger partial charge in [0.05, 0.1) is 11.4 Å². The summed E-state index contributed by atoms with van der Waals surface area (Å²) in [4.78, 5) is 19.6. The van der Waals surface area contributed by atoms with E-state index < -0.39 is 5.97 Å². The summed E-state index contributed by atoms with van der Waals surface area (Å²) in [6.45, 7) is 3.42. The largest absolute Gasteiger partial charge is 0.478 e. The Morgan fingerprint density at radius 3 is 2.16 bits per heavy atom. The van der Waals surface area contributed by atoms with Crippen LogP contribution in [0.1, 0.15) is 33.1 Å². The van der Waals surface area contributed by atoms with E-state index >= 15 is 0 Å². The molecule has 1 heterocycles. The van der Waals surface area contributed by atoms with Crippen LogP contribution in [0, 0.1) is 13.8 Å². The first-order valence-electron chi connectivity index (χ1n) is 6.19. The first-order valence-corrected chi connectivity index (χ1v) is 6.19. The lowest BCUT2D eigenvalue weighted by atomic mass is 10.1. The van der Waals surface area contributed by atoms with Crippen LogP contribution in [0.25, 0.3) is 0 Å². The molecule has 0 aliphatic heterocycles. The minimum Gasteiger partial charge on any atom is -0.478 e. The van der Waals surface area contributed by atoms with Crippen LogP contribution in [0.4, 0.5) is 0 Å². The number of carboxylic acid groups (broad SMARTS) is 1. The lowest BCUT2D eigenvalue weighted by Gasteiger charge is -2.07. The average molecular weight is 256 g/mol. The molecule has 4 heteroatoms. The van der Waals surface area contributed by atoms with Gasteiger partial charge in [-0.05, 0) is 25.8 Å². The number of carboxylic acids is 1. The fourth-order valence-electron chi connectivity index (χ4n) is 2.11. The zero-order valence-electron chi connectivity index (χ0n) is 11.1. The molecule has 0 aliphatic carbocycles. The molecule has 2 aromatic rings. The van der Waals surface area contributed by atoms with Gasteiger partial charge in [-0.3, -0.25) is 0 Å². The lowest BCUT2D eigenvalue weighted by Crippen LogP contribution is -2.10. The Morgan fingerprint density at radius 1 is 1.05 bits per heavy atom. The monoisotopic (exact) mass is 256 g/mol. The first kappa shape index (κ1) is 13.2. The van der Waals surface area contributed by atoms with Gasteiger partial charge in [-0.25, -0.2) is 14.8 Å². The van der Waals surface area contributed by atoms with Gasteiger partial charge in [-0.15, -0.1) is 0 Å². The summed E-state index contributed by atoms with van der Waals surface area (Å²) < 4.78 is 0. The van der Waals surface area contributed by atoms with Gasteiger partial charge in [0.2, 0.25) is 0 Å². The summed E-state index contributed by atoms with van der Waals surface area (Å²) in [5, 5.41) is 9.07. The smallest absolute Gasteiger partial charge is 0.339 e. The summed E-state index contributed by atoms with van der Waals surface area (Å²) in [5.74, 6) is -0.270. The van der Waals surface area contributed by atoms with E-state index in [0.717, 1.165) is 6.42 Å². The molecular weight excluding hydrogens is 240 g/mol. The third kappa shape index (κ3) is 3.16. The zero-order chi connectivity index (χ0) is 13.8. The van der Waals surface area contributed by atoms with E-state index in [1.165, 1.54) is 5.56 Å². The third-order valence-electron chi connectivity index (χ3n) is 3.01. The molecule has 0 spiro atoms. The predicted octanol–water partition coefficient (Wildman–Crippen LogP) is 2.58. The highest BCUT2D eigenvalue weighted by Gasteiger charge is 2.14. The second kappa shape index (κ2) is 5.61. The Labute approximate surface area is 112 Å². The van der Waals surface area contributed by atoms with Crippen molar-refractivity contribution < 1.29 is 9.90 Å². The van der Waals surface area contributed by atoms with Crippen molar-refractivity contribution in [2.24, 2.45) is 0 Å². The maximum Gasteiger partial charge on any atom is 0.339 e. The Bertz CT molecular complexity index is 571. The fourth-order valence-corrected chi connectivity index (χ4v) is 2.11. The molecule has 0 fully saturated rings. The van der Waals surface area contributed by atoms with E-state index in [0.29, 0.717) is 23.6 Å². The lowest BCUT2D eigenvalue weighted by molar-refractivity contribution is 0.0694. The van der Waals surface area contributed by atoms with Crippen molar-refractivity contribution in [2.75, 3.05) is 0 Å². The molecule has 1 aromatic heterocycles. The third-order valence-corrected chi connectivity index (χ3v) is 3.01. The van der Waals surface area contributed by atoms with Gasteiger partial charge in [-0.2, -0.15) is 0 Å². The van der Waals surface area contributed by atoms with Crippen LogP contribution >= 0.6 is 0 Å². The molecular formula is C15H16N2O2. The molecule has 0 bridgehead atoms. The predicted molar refractivity (Wildman–Crippen MR) is 72.3 cm³/mol.